The zero-order valence-electron chi connectivity index (χ0n) is 16.9. The van der Waals surface area contributed by atoms with Gasteiger partial charge in [-0.15, -0.1) is 0 Å². The van der Waals surface area contributed by atoms with Gasteiger partial charge in [0.1, 0.15) is 11.5 Å². The van der Waals surface area contributed by atoms with Crippen molar-refractivity contribution in [2.24, 2.45) is 0 Å². The topological polar surface area (TPSA) is 106 Å². The summed E-state index contributed by atoms with van der Waals surface area (Å²) in [5, 5.41) is 20.4. The highest BCUT2D eigenvalue weighted by Gasteiger charge is 2.46. The predicted molar refractivity (Wildman–Crippen MR) is 109 cm³/mol. The van der Waals surface area contributed by atoms with E-state index in [9.17, 15) is 19.8 Å². The highest BCUT2D eigenvalue weighted by atomic mass is 16.5. The number of hydrogen-bond donors (Lipinski definition) is 2. The highest BCUT2D eigenvalue weighted by Crippen LogP contribution is 2.41. The minimum atomic E-state index is -0.890. The van der Waals surface area contributed by atoms with Crippen LogP contribution in [-0.4, -0.2) is 61.3 Å². The Balaban J connectivity index is 2.18. The van der Waals surface area contributed by atoms with Gasteiger partial charge >= 0.3 is 0 Å². The van der Waals surface area contributed by atoms with Gasteiger partial charge in [0, 0.05) is 12.1 Å². The number of carbonyl (C=O) groups is 2. The van der Waals surface area contributed by atoms with E-state index in [0.717, 1.165) is 0 Å². The van der Waals surface area contributed by atoms with Crippen LogP contribution < -0.4 is 14.2 Å². The van der Waals surface area contributed by atoms with Gasteiger partial charge in [0.05, 0.1) is 39.6 Å². The lowest BCUT2D eigenvalue weighted by Gasteiger charge is -2.25. The van der Waals surface area contributed by atoms with Crippen molar-refractivity contribution in [2.75, 3.05) is 34.5 Å². The molecule has 0 spiro atoms. The van der Waals surface area contributed by atoms with E-state index in [-0.39, 0.29) is 24.5 Å². The molecule has 2 aromatic carbocycles. The Labute approximate surface area is 173 Å². The van der Waals surface area contributed by atoms with Crippen LogP contribution in [0, 0.1) is 0 Å². The number of benzene rings is 2. The quantitative estimate of drug-likeness (QED) is 0.407. The van der Waals surface area contributed by atoms with E-state index in [1.54, 1.807) is 42.5 Å². The van der Waals surface area contributed by atoms with Crippen LogP contribution in [0.5, 0.6) is 17.2 Å². The Hall–Kier alpha value is -3.52. The molecule has 0 aliphatic carbocycles. The lowest BCUT2D eigenvalue weighted by atomic mass is 9.95. The molecule has 8 nitrogen and oxygen atoms in total. The first-order chi connectivity index (χ1) is 14.5. The van der Waals surface area contributed by atoms with Crippen LogP contribution in [0.2, 0.25) is 0 Å². The molecule has 8 heteroatoms. The Morgan fingerprint density at radius 3 is 2.20 bits per heavy atom. The number of β-amino-alcohol motifs (C(OH)–C–C–N with tert-alkyl or cyclic N) is 1. The van der Waals surface area contributed by atoms with E-state index >= 15 is 0 Å². The smallest absolute Gasteiger partial charge is 0.295 e. The average molecular weight is 413 g/mol. The van der Waals surface area contributed by atoms with Crippen LogP contribution >= 0.6 is 0 Å². The van der Waals surface area contributed by atoms with Crippen LogP contribution in [0.25, 0.3) is 5.76 Å². The molecular formula is C22H23NO7. The maximum Gasteiger partial charge on any atom is 0.295 e. The third kappa shape index (κ3) is 3.69. The second-order valence-electron chi connectivity index (χ2n) is 6.56. The van der Waals surface area contributed by atoms with Crippen LogP contribution in [0.4, 0.5) is 0 Å². The van der Waals surface area contributed by atoms with Gasteiger partial charge in [-0.3, -0.25) is 9.59 Å². The molecule has 1 fully saturated rings. The Bertz CT molecular complexity index is 981. The number of ether oxygens (including phenoxy) is 3. The van der Waals surface area contributed by atoms with Crippen molar-refractivity contribution in [2.45, 2.75) is 6.04 Å². The molecule has 1 saturated heterocycles. The minimum absolute atomic E-state index is 0.0640. The number of amides is 1. The second-order valence-corrected chi connectivity index (χ2v) is 6.56. The fourth-order valence-electron chi connectivity index (χ4n) is 3.49. The van der Waals surface area contributed by atoms with Crippen LogP contribution in [-0.2, 0) is 9.59 Å². The minimum Gasteiger partial charge on any atom is -0.507 e. The molecule has 1 heterocycles. The first-order valence-electron chi connectivity index (χ1n) is 9.22. The summed E-state index contributed by atoms with van der Waals surface area (Å²) < 4.78 is 15.7. The second kappa shape index (κ2) is 8.87. The highest BCUT2D eigenvalue weighted by molar-refractivity contribution is 6.46. The number of ketones is 1. The number of rotatable bonds is 7. The first-order valence-corrected chi connectivity index (χ1v) is 9.22. The summed E-state index contributed by atoms with van der Waals surface area (Å²) in [5.74, 6) is -0.444. The average Bonchev–Trinajstić information content (AvgIpc) is 3.03. The zero-order valence-corrected chi connectivity index (χ0v) is 16.9. The fourth-order valence-corrected chi connectivity index (χ4v) is 3.49. The Morgan fingerprint density at radius 1 is 0.967 bits per heavy atom. The van der Waals surface area contributed by atoms with Gasteiger partial charge in [0.25, 0.3) is 11.7 Å². The van der Waals surface area contributed by atoms with Crippen molar-refractivity contribution >= 4 is 17.4 Å². The molecule has 1 aliphatic heterocycles. The van der Waals surface area contributed by atoms with Gasteiger partial charge in [-0.05, 0) is 42.0 Å². The Morgan fingerprint density at radius 2 is 1.63 bits per heavy atom. The van der Waals surface area contributed by atoms with E-state index < -0.39 is 17.7 Å². The molecule has 2 N–H and O–H groups in total. The van der Waals surface area contributed by atoms with Crippen LogP contribution in [0.1, 0.15) is 17.2 Å². The van der Waals surface area contributed by atoms with Crippen molar-refractivity contribution in [3.8, 4) is 17.2 Å². The summed E-state index contributed by atoms with van der Waals surface area (Å²) in [6, 6.07) is 10.6. The summed E-state index contributed by atoms with van der Waals surface area (Å²) in [4.78, 5) is 26.7. The molecule has 3 rings (SSSR count). The monoisotopic (exact) mass is 413 g/mol. The lowest BCUT2D eigenvalue weighted by Crippen LogP contribution is -2.32. The van der Waals surface area contributed by atoms with Gasteiger partial charge < -0.3 is 29.3 Å². The summed E-state index contributed by atoms with van der Waals surface area (Å²) in [5.41, 5.74) is 0.837. The predicted octanol–water partition coefficient (Wildman–Crippen LogP) is 2.13. The molecule has 2 aromatic rings. The van der Waals surface area contributed by atoms with E-state index in [2.05, 4.69) is 0 Å². The molecule has 0 saturated carbocycles. The molecule has 0 aromatic heterocycles. The third-order valence-corrected chi connectivity index (χ3v) is 4.97. The van der Waals surface area contributed by atoms with Gasteiger partial charge in [-0.25, -0.2) is 0 Å². The molecule has 1 aliphatic rings. The maximum absolute atomic E-state index is 12.8. The molecule has 0 radical (unpaired) electrons. The fraction of sp³-hybridized carbons (Fsp3) is 0.273. The SMILES string of the molecule is COc1ccc(/C(O)=C2\C(=O)C(=O)N(CCO)[C@H]2c2ccc(OC)c(OC)c2)cc1. The third-order valence-electron chi connectivity index (χ3n) is 4.97. The summed E-state index contributed by atoms with van der Waals surface area (Å²) >= 11 is 0. The maximum atomic E-state index is 12.8. The van der Waals surface area contributed by atoms with Crippen LogP contribution in [0.15, 0.2) is 48.0 Å². The molecule has 0 bridgehead atoms. The molecule has 1 atom stereocenters. The van der Waals surface area contributed by atoms with Crippen molar-refractivity contribution in [1.82, 2.24) is 4.90 Å². The lowest BCUT2D eigenvalue weighted by molar-refractivity contribution is -0.140. The van der Waals surface area contributed by atoms with Crippen molar-refractivity contribution in [3.63, 3.8) is 0 Å². The van der Waals surface area contributed by atoms with Gasteiger partial charge in [0.2, 0.25) is 0 Å². The largest absolute Gasteiger partial charge is 0.507 e. The van der Waals surface area contributed by atoms with Crippen molar-refractivity contribution < 1.29 is 34.0 Å². The van der Waals surface area contributed by atoms with Crippen molar-refractivity contribution in [3.05, 3.63) is 59.2 Å². The number of likely N-dealkylation sites (tertiary alicyclic amines) is 1. The van der Waals surface area contributed by atoms with E-state index in [1.165, 1.54) is 26.2 Å². The van der Waals surface area contributed by atoms with E-state index in [4.69, 9.17) is 14.2 Å². The zero-order chi connectivity index (χ0) is 21.8. The van der Waals surface area contributed by atoms with Crippen LogP contribution in [0.3, 0.4) is 0 Å². The number of aliphatic hydroxyl groups is 2. The van der Waals surface area contributed by atoms with E-state index in [1.807, 2.05) is 0 Å². The number of hydrogen-bond acceptors (Lipinski definition) is 7. The Kier molecular flexibility index (Phi) is 6.27. The number of aliphatic hydroxyl groups excluding tert-OH is 2. The number of nitrogens with zero attached hydrogens (tertiary/aromatic N) is 1. The molecule has 0 unspecified atom stereocenters. The molecule has 1 amide bonds. The number of carbonyl (C=O) groups excluding carboxylic acids is 2. The number of methoxy groups -OCH3 is 3. The number of Topliss-reactive ketones (excluding diaryl/α,β-unsaturated/α-hetero) is 1. The summed E-state index contributed by atoms with van der Waals surface area (Å²) in [7, 11) is 4.50. The summed E-state index contributed by atoms with van der Waals surface area (Å²) in [6.45, 7) is -0.400. The molecule has 30 heavy (non-hydrogen) atoms. The van der Waals surface area contributed by atoms with E-state index in [0.29, 0.717) is 28.4 Å². The molecule has 158 valence electrons. The van der Waals surface area contributed by atoms with Gasteiger partial charge in [0.15, 0.2) is 11.5 Å². The first kappa shape index (κ1) is 21.2. The van der Waals surface area contributed by atoms with Crippen molar-refractivity contribution in [1.29, 1.82) is 0 Å². The van der Waals surface area contributed by atoms with Gasteiger partial charge in [-0.1, -0.05) is 6.07 Å². The standard InChI is InChI=1S/C22H23NO7/c1-28-15-7-4-13(5-8-15)20(25)18-19(23(10-11-24)22(27)21(18)26)14-6-9-16(29-2)17(12-14)30-3/h4-9,12,19,24-25H,10-11H2,1-3H3/b20-18+/t19-/m0/s1. The normalized spacial score (nSPS) is 17.9. The van der Waals surface area contributed by atoms with Gasteiger partial charge in [-0.2, -0.15) is 0 Å². The summed E-state index contributed by atoms with van der Waals surface area (Å²) in [6.07, 6.45) is 0. The molecular weight excluding hydrogens is 390 g/mol.